The van der Waals surface area contributed by atoms with Crippen molar-refractivity contribution in [3.8, 4) is 0 Å². The molecule has 0 heterocycles. The fourth-order valence-electron chi connectivity index (χ4n) is 5.52. The Morgan fingerprint density at radius 2 is 0.342 bits per heavy atom. The molecule has 9 aromatic rings. The average molecular weight is 1280 g/mol. The van der Waals surface area contributed by atoms with Gasteiger partial charge in [-0.15, -0.1) is 0 Å². The Balaban J connectivity index is -0.000000812. The molecule has 0 amide bonds. The molecule has 0 aliphatic heterocycles. The summed E-state index contributed by atoms with van der Waals surface area (Å²) < 4.78 is 0. The first-order valence-corrected chi connectivity index (χ1v) is 31.0. The number of benzene rings is 9. The molecule has 0 unspecified atom stereocenters. The monoisotopic (exact) mass is 1280 g/mol. The van der Waals surface area contributed by atoms with Gasteiger partial charge in [-0.25, -0.2) is 0 Å². The Labute approximate surface area is 558 Å². The van der Waals surface area contributed by atoms with Crippen LogP contribution in [0.2, 0.25) is 0 Å². The van der Waals surface area contributed by atoms with Crippen LogP contribution in [-0.4, -0.2) is 13.1 Å². The van der Waals surface area contributed by atoms with Crippen molar-refractivity contribution in [2.45, 2.75) is 65.6 Å². The zero-order valence-electron chi connectivity index (χ0n) is 45.8. The third-order valence-electron chi connectivity index (χ3n) is 9.78. The molecule has 0 fully saturated rings. The molecule has 0 atom stereocenters. The third-order valence-corrected chi connectivity index (χ3v) is 13.0. The van der Waals surface area contributed by atoms with Crippen molar-refractivity contribution >= 4 is 114 Å². The summed E-state index contributed by atoms with van der Waals surface area (Å²) in [5.41, 5.74) is 11.3. The second kappa shape index (κ2) is 63.1. The Bertz CT molecular complexity index is 1950. The van der Waals surface area contributed by atoms with Crippen LogP contribution < -0.4 is 5.32 Å². The third kappa shape index (κ3) is 50.9. The topological polar surface area (TPSA) is 16.6 Å². The Kier molecular flexibility index (Phi) is 64.5. The molecule has 12 heteroatoms. The predicted octanol–water partition coefficient (Wildman–Crippen LogP) is 13.6. The van der Waals surface area contributed by atoms with E-state index in [-0.39, 0.29) is 43.4 Å². The van der Waals surface area contributed by atoms with Crippen molar-refractivity contribution in [1.29, 1.82) is 0 Å². The van der Waals surface area contributed by atoms with Gasteiger partial charge in [-0.05, 0) is 51.7 Å². The van der Waals surface area contributed by atoms with E-state index >= 15 is 0 Å². The van der Waals surface area contributed by atoms with Crippen LogP contribution in [0.15, 0.2) is 273 Å². The van der Waals surface area contributed by atoms with E-state index in [1.54, 1.807) is 0 Å². The molecule has 2 N–H and O–H groups in total. The van der Waals surface area contributed by atoms with Crippen LogP contribution in [0.1, 0.15) is 63.9 Å². The molecule has 0 spiro atoms. The maximum atomic E-state index is 4.82. The van der Waals surface area contributed by atoms with Crippen molar-refractivity contribution in [3.05, 3.63) is 323 Å². The van der Waals surface area contributed by atoms with Gasteiger partial charge in [0.05, 0.1) is 13.1 Å². The molecular weight excluding hydrogens is 1200 g/mol. The number of hydrogen-bond acceptors (Lipinski definition) is 6. The zero-order valence-corrected chi connectivity index (χ0v) is 56.8. The van der Waals surface area contributed by atoms with Crippen LogP contribution in [0, 0.1) is 0 Å². The molecule has 1 nitrogen and oxygen atoms in total. The number of nitrogens with two attached hydrogens (primary N) is 1. The van der Waals surface area contributed by atoms with Crippen molar-refractivity contribution in [1.82, 2.24) is 0 Å². The van der Waals surface area contributed by atoms with Gasteiger partial charge < -0.3 is 81.1 Å². The smallest absolute Gasteiger partial charge is 0.128 e. The molecule has 9 aromatic carbocycles. The van der Waals surface area contributed by atoms with Crippen LogP contribution in [0.25, 0.3) is 0 Å². The van der Waals surface area contributed by atoms with Gasteiger partial charge in [-0.3, -0.25) is 0 Å². The van der Waals surface area contributed by atoms with Crippen LogP contribution in [0.5, 0.6) is 0 Å². The normalized spacial score (nSPS) is 8.85. The first-order valence-electron chi connectivity index (χ1n) is 25.4. The maximum absolute atomic E-state index is 4.82. The average Bonchev–Trinajstić information content (AvgIpc) is 3.54. The van der Waals surface area contributed by atoms with Gasteiger partial charge in [-0.2, -0.15) is 34.5 Å². The van der Waals surface area contributed by atoms with Gasteiger partial charge in [0.25, 0.3) is 0 Å². The van der Waals surface area contributed by atoms with Crippen LogP contribution in [0.4, 0.5) is 0 Å². The Hall–Kier alpha value is -2.48. The van der Waals surface area contributed by atoms with Crippen LogP contribution in [0.3, 0.4) is 0 Å². The van der Waals surface area contributed by atoms with E-state index in [9.17, 15) is 0 Å². The van der Waals surface area contributed by atoms with Crippen molar-refractivity contribution in [2.75, 3.05) is 13.1 Å². The standard InChI is InChI=1S/9C7H8S.C4H11N.2Ti/c9*8-6-7-4-2-1-3-5-7;1-3-5-4-2;;/h9*1-5,8H,6H2;5H,3-4H2,1-2H3;;/p-2. The molecule has 0 bridgehead atoms. The summed E-state index contributed by atoms with van der Waals surface area (Å²) in [6, 6.07) is 91.2. The summed E-state index contributed by atoms with van der Waals surface area (Å²) >= 11 is 39.1. The van der Waals surface area contributed by atoms with E-state index in [1.165, 1.54) is 63.2 Å². The summed E-state index contributed by atoms with van der Waals surface area (Å²) in [7, 11) is 0. The molecule has 0 aromatic heterocycles. The summed E-state index contributed by atoms with van der Waals surface area (Å²) in [5.74, 6) is 7.17. The van der Waals surface area contributed by atoms with Crippen molar-refractivity contribution < 1.29 is 48.8 Å². The van der Waals surface area contributed by atoms with Gasteiger partial charge in [0.2, 0.25) is 0 Å². The summed E-state index contributed by atoms with van der Waals surface area (Å²) in [5, 5.41) is 2.25. The van der Waals surface area contributed by atoms with Crippen LogP contribution >= 0.6 is 0 Å². The van der Waals surface area contributed by atoms with E-state index in [1.807, 2.05) is 237 Å². The van der Waals surface area contributed by atoms with Gasteiger partial charge >= 0.3 is 0 Å². The maximum Gasteiger partial charge on any atom is 0.128 e. The quantitative estimate of drug-likeness (QED) is 0.0784. The van der Waals surface area contributed by atoms with E-state index in [4.69, 9.17) is 75.8 Å². The van der Waals surface area contributed by atoms with Gasteiger partial charge in [0, 0.05) is 60.1 Å². The van der Waals surface area contributed by atoms with Crippen LogP contribution in [-0.2, 0) is 209 Å². The van der Waals surface area contributed by atoms with E-state index in [2.05, 4.69) is 93.4 Å². The molecule has 9 rings (SSSR count). The zero-order chi connectivity index (χ0) is 56.5. The summed E-state index contributed by atoms with van der Waals surface area (Å²) in [6.07, 6.45) is 0. The predicted molar refractivity (Wildman–Crippen MR) is 369 cm³/mol. The Morgan fingerprint density at radius 1 is 0.228 bits per heavy atom. The molecule has 418 valence electrons. The largest absolute Gasteiger partial charge is 0.788 e. The molecule has 0 saturated heterocycles. The minimum absolute atomic E-state index is 0. The van der Waals surface area contributed by atoms with E-state index in [0.717, 1.165) is 51.8 Å². The molecule has 79 heavy (non-hydrogen) atoms. The number of quaternary nitrogens is 1. The summed E-state index contributed by atoms with van der Waals surface area (Å²) in [4.78, 5) is 0. The molecule has 0 radical (unpaired) electrons. The van der Waals surface area contributed by atoms with Gasteiger partial charge in [-0.1, -0.05) is 306 Å². The fourth-order valence-corrected chi connectivity index (χ4v) is 7.38. The first-order chi connectivity index (χ1) is 37.8. The van der Waals surface area contributed by atoms with E-state index < -0.39 is 0 Å². The molecule has 0 saturated carbocycles. The Morgan fingerprint density at radius 3 is 0.392 bits per heavy atom. The second-order valence-electron chi connectivity index (χ2n) is 15.9. The molecular formula is C67H81NS9Ti2-2. The first kappa shape index (κ1) is 80.7. The molecule has 0 aliphatic carbocycles. The molecule has 0 aliphatic rings. The van der Waals surface area contributed by atoms with Crippen molar-refractivity contribution in [2.24, 2.45) is 0 Å². The second-order valence-corrected chi connectivity index (χ2v) is 18.7. The van der Waals surface area contributed by atoms with Crippen molar-refractivity contribution in [3.63, 3.8) is 0 Å². The number of hydrogen-bond donors (Lipinski definition) is 1. The van der Waals surface area contributed by atoms with E-state index in [0.29, 0.717) is 0 Å². The number of rotatable bonds is 11. The SMILES string of the molecule is CC[NH2+]CC.[S-]Cc1ccccc1.[S-]Cc1ccccc1.[S-]Cc1ccccc1.[S-]Cc1ccccc1.[S-]Cc1ccccc1.[S-]Cc1ccccc1.[SH2+]Cc1ccccc1.[SH2+]Cc1ccccc1.[SH2+]Cc1ccccc1.[Ti].[Ti]. The van der Waals surface area contributed by atoms with Gasteiger partial charge in [0.1, 0.15) is 17.3 Å². The summed E-state index contributed by atoms with van der Waals surface area (Å²) in [6.45, 7) is 6.75. The minimum Gasteiger partial charge on any atom is -0.788 e. The van der Waals surface area contributed by atoms with Gasteiger partial charge in [0.15, 0.2) is 0 Å². The fraction of sp³-hybridized carbons (Fsp3) is 0.194. The minimum atomic E-state index is 0.